The van der Waals surface area contributed by atoms with Crippen LogP contribution in [-0.2, 0) is 4.79 Å². The summed E-state index contributed by atoms with van der Waals surface area (Å²) in [6, 6.07) is 10.3. The summed E-state index contributed by atoms with van der Waals surface area (Å²) in [4.78, 5) is 10.4. The van der Waals surface area contributed by atoms with Gasteiger partial charge in [-0.1, -0.05) is 50.1 Å². The van der Waals surface area contributed by atoms with Crippen molar-refractivity contribution >= 4 is 6.41 Å². The molecule has 0 heterocycles. The monoisotopic (exact) mass is 191 g/mol. The summed E-state index contributed by atoms with van der Waals surface area (Å²) in [5.74, 6) is 0. The molecule has 0 aliphatic rings. The van der Waals surface area contributed by atoms with Gasteiger partial charge in [0.2, 0.25) is 6.41 Å². The highest BCUT2D eigenvalue weighted by Crippen LogP contribution is 2.18. The molecule has 14 heavy (non-hydrogen) atoms. The fraction of sp³-hybridized carbons (Fsp3) is 0.417. The van der Waals surface area contributed by atoms with Crippen molar-refractivity contribution in [1.82, 2.24) is 5.32 Å². The normalized spacial score (nSPS) is 12.1. The number of amides is 1. The number of nitrogens with one attached hydrogen (secondary N) is 1. The van der Waals surface area contributed by atoms with Gasteiger partial charge in [-0.25, -0.2) is 0 Å². The molecule has 2 nitrogen and oxygen atoms in total. The topological polar surface area (TPSA) is 29.1 Å². The average Bonchev–Trinajstić information content (AvgIpc) is 2.25. The van der Waals surface area contributed by atoms with Crippen LogP contribution in [0.25, 0.3) is 0 Å². The molecule has 76 valence electrons. The molecule has 0 aliphatic carbocycles. The zero-order chi connectivity index (χ0) is 10.2. The Morgan fingerprint density at radius 1 is 1.36 bits per heavy atom. The van der Waals surface area contributed by atoms with Crippen molar-refractivity contribution < 1.29 is 4.79 Å². The second-order valence-corrected chi connectivity index (χ2v) is 3.39. The summed E-state index contributed by atoms with van der Waals surface area (Å²) < 4.78 is 0. The van der Waals surface area contributed by atoms with E-state index in [1.54, 1.807) is 0 Å². The second-order valence-electron chi connectivity index (χ2n) is 3.39. The quantitative estimate of drug-likeness (QED) is 0.688. The fourth-order valence-electron chi connectivity index (χ4n) is 1.52. The fourth-order valence-corrected chi connectivity index (χ4v) is 1.52. The van der Waals surface area contributed by atoms with Gasteiger partial charge < -0.3 is 5.32 Å². The zero-order valence-corrected chi connectivity index (χ0v) is 8.57. The first-order valence-electron chi connectivity index (χ1n) is 5.13. The van der Waals surface area contributed by atoms with E-state index in [-0.39, 0.29) is 6.04 Å². The van der Waals surface area contributed by atoms with E-state index in [2.05, 4.69) is 24.4 Å². The number of benzene rings is 1. The predicted octanol–water partition coefficient (Wildman–Crippen LogP) is 2.66. The van der Waals surface area contributed by atoms with Gasteiger partial charge in [0.05, 0.1) is 6.04 Å². The summed E-state index contributed by atoms with van der Waals surface area (Å²) >= 11 is 0. The molecule has 0 radical (unpaired) electrons. The van der Waals surface area contributed by atoms with Crippen LogP contribution >= 0.6 is 0 Å². The smallest absolute Gasteiger partial charge is 0.207 e. The van der Waals surface area contributed by atoms with Crippen molar-refractivity contribution in [3.63, 3.8) is 0 Å². The van der Waals surface area contributed by atoms with Crippen LogP contribution in [0.2, 0.25) is 0 Å². The molecule has 0 fully saturated rings. The van der Waals surface area contributed by atoms with Gasteiger partial charge in [0.25, 0.3) is 0 Å². The molecule has 0 saturated carbocycles. The maximum Gasteiger partial charge on any atom is 0.207 e. The van der Waals surface area contributed by atoms with E-state index in [4.69, 9.17) is 0 Å². The van der Waals surface area contributed by atoms with E-state index in [1.165, 1.54) is 5.56 Å². The Balaban J connectivity index is 2.62. The molecule has 1 rings (SSSR count). The minimum Gasteiger partial charge on any atom is -0.352 e. The first-order valence-corrected chi connectivity index (χ1v) is 5.13. The molecule has 0 spiro atoms. The van der Waals surface area contributed by atoms with Crippen LogP contribution in [0.4, 0.5) is 0 Å². The maximum absolute atomic E-state index is 10.4. The van der Waals surface area contributed by atoms with Crippen molar-refractivity contribution in [2.75, 3.05) is 0 Å². The highest BCUT2D eigenvalue weighted by Gasteiger charge is 2.08. The maximum atomic E-state index is 10.4. The number of hydrogen-bond donors (Lipinski definition) is 1. The Morgan fingerprint density at radius 3 is 2.64 bits per heavy atom. The van der Waals surface area contributed by atoms with Gasteiger partial charge in [-0.3, -0.25) is 4.79 Å². The number of unbranched alkanes of at least 4 members (excludes halogenated alkanes) is 1. The largest absolute Gasteiger partial charge is 0.352 e. The number of carbonyl (C=O) groups is 1. The standard InChI is InChI=1S/C12H17NO/c1-2-3-9-12(13-10-14)11-7-5-4-6-8-11/h4-8,10,12H,2-3,9H2,1H3,(H,13,14). The first-order chi connectivity index (χ1) is 6.88. The third-order valence-corrected chi connectivity index (χ3v) is 2.32. The summed E-state index contributed by atoms with van der Waals surface area (Å²) in [6.45, 7) is 2.16. The molecule has 0 aliphatic heterocycles. The minimum absolute atomic E-state index is 0.175. The van der Waals surface area contributed by atoms with E-state index in [0.717, 1.165) is 25.7 Å². The molecule has 2 heteroatoms. The van der Waals surface area contributed by atoms with Gasteiger partial charge >= 0.3 is 0 Å². The summed E-state index contributed by atoms with van der Waals surface area (Å²) in [7, 11) is 0. The number of hydrogen-bond acceptors (Lipinski definition) is 1. The molecule has 1 N–H and O–H groups in total. The Morgan fingerprint density at radius 2 is 2.07 bits per heavy atom. The van der Waals surface area contributed by atoms with Crippen molar-refractivity contribution in [3.8, 4) is 0 Å². The van der Waals surface area contributed by atoms with E-state index < -0.39 is 0 Å². The van der Waals surface area contributed by atoms with Crippen LogP contribution in [0, 0.1) is 0 Å². The van der Waals surface area contributed by atoms with Crippen molar-refractivity contribution in [1.29, 1.82) is 0 Å². The lowest BCUT2D eigenvalue weighted by Crippen LogP contribution is -2.19. The molecule has 1 aromatic carbocycles. The van der Waals surface area contributed by atoms with Gasteiger partial charge in [-0.15, -0.1) is 0 Å². The Hall–Kier alpha value is -1.31. The first kappa shape index (κ1) is 10.8. The van der Waals surface area contributed by atoms with Crippen LogP contribution in [0.5, 0.6) is 0 Å². The van der Waals surface area contributed by atoms with Crippen LogP contribution in [-0.4, -0.2) is 6.41 Å². The van der Waals surface area contributed by atoms with E-state index in [9.17, 15) is 4.79 Å². The Bertz CT molecular complexity index is 258. The van der Waals surface area contributed by atoms with Crippen molar-refractivity contribution in [2.24, 2.45) is 0 Å². The molecule has 0 saturated heterocycles. The second kappa shape index (κ2) is 6.19. The van der Waals surface area contributed by atoms with Gasteiger partial charge in [-0.2, -0.15) is 0 Å². The van der Waals surface area contributed by atoms with Crippen LogP contribution in [0.1, 0.15) is 37.8 Å². The summed E-state index contributed by atoms with van der Waals surface area (Å²) in [5.41, 5.74) is 1.19. The highest BCUT2D eigenvalue weighted by molar-refractivity contribution is 5.47. The molecule has 1 aromatic rings. The Kier molecular flexibility index (Phi) is 4.76. The van der Waals surface area contributed by atoms with Gasteiger partial charge in [0, 0.05) is 0 Å². The summed E-state index contributed by atoms with van der Waals surface area (Å²) in [5, 5.41) is 2.85. The molecule has 0 bridgehead atoms. The molecule has 1 unspecified atom stereocenters. The number of carbonyl (C=O) groups excluding carboxylic acids is 1. The van der Waals surface area contributed by atoms with E-state index >= 15 is 0 Å². The third-order valence-electron chi connectivity index (χ3n) is 2.32. The highest BCUT2D eigenvalue weighted by atomic mass is 16.1. The van der Waals surface area contributed by atoms with Gasteiger partial charge in [0.1, 0.15) is 0 Å². The van der Waals surface area contributed by atoms with Gasteiger partial charge in [-0.05, 0) is 12.0 Å². The van der Waals surface area contributed by atoms with Gasteiger partial charge in [0.15, 0.2) is 0 Å². The van der Waals surface area contributed by atoms with E-state index in [0.29, 0.717) is 0 Å². The lowest BCUT2D eigenvalue weighted by atomic mass is 10.0. The van der Waals surface area contributed by atoms with Crippen molar-refractivity contribution in [3.05, 3.63) is 35.9 Å². The lowest BCUT2D eigenvalue weighted by Gasteiger charge is -2.15. The van der Waals surface area contributed by atoms with Crippen molar-refractivity contribution in [2.45, 2.75) is 32.2 Å². The zero-order valence-electron chi connectivity index (χ0n) is 8.57. The Labute approximate surface area is 85.3 Å². The molecule has 1 atom stereocenters. The molecule has 0 aromatic heterocycles. The van der Waals surface area contributed by atoms with Crippen LogP contribution in [0.15, 0.2) is 30.3 Å². The number of rotatable bonds is 6. The molecular formula is C12H17NO. The summed E-state index contributed by atoms with van der Waals surface area (Å²) in [6.07, 6.45) is 4.09. The lowest BCUT2D eigenvalue weighted by molar-refractivity contribution is -0.110. The molecular weight excluding hydrogens is 174 g/mol. The molecule has 1 amide bonds. The third kappa shape index (κ3) is 3.21. The van der Waals surface area contributed by atoms with Crippen LogP contribution in [0.3, 0.4) is 0 Å². The minimum atomic E-state index is 0.175. The van der Waals surface area contributed by atoms with Crippen LogP contribution < -0.4 is 5.32 Å². The predicted molar refractivity (Wildman–Crippen MR) is 57.9 cm³/mol. The SMILES string of the molecule is CCCCC(NC=O)c1ccccc1. The average molecular weight is 191 g/mol. The van der Waals surface area contributed by atoms with E-state index in [1.807, 2.05) is 18.2 Å².